The summed E-state index contributed by atoms with van der Waals surface area (Å²) in [5, 5.41) is 0. The first kappa shape index (κ1) is 13.2. The maximum absolute atomic E-state index is 10.6. The second-order valence-corrected chi connectivity index (χ2v) is 4.19. The SMILES string of the molecule is C=CC(C)(/C=C/c1ccc(OC)cc1)CC=O. The molecular weight excluding hydrogens is 212 g/mol. The summed E-state index contributed by atoms with van der Waals surface area (Å²) in [5.41, 5.74) is 0.798. The van der Waals surface area contributed by atoms with E-state index in [0.29, 0.717) is 6.42 Å². The average molecular weight is 230 g/mol. The highest BCUT2D eigenvalue weighted by Gasteiger charge is 2.14. The van der Waals surface area contributed by atoms with E-state index in [1.165, 1.54) is 0 Å². The van der Waals surface area contributed by atoms with Crippen LogP contribution in [0.5, 0.6) is 5.75 Å². The molecule has 1 rings (SSSR count). The van der Waals surface area contributed by atoms with E-state index in [0.717, 1.165) is 17.6 Å². The van der Waals surface area contributed by atoms with Crippen molar-refractivity contribution in [3.05, 3.63) is 48.6 Å². The minimum Gasteiger partial charge on any atom is -0.497 e. The van der Waals surface area contributed by atoms with Gasteiger partial charge in [0.1, 0.15) is 12.0 Å². The molecule has 17 heavy (non-hydrogen) atoms. The van der Waals surface area contributed by atoms with Gasteiger partial charge in [-0.2, -0.15) is 0 Å². The molecule has 1 atom stereocenters. The number of hydrogen-bond acceptors (Lipinski definition) is 2. The monoisotopic (exact) mass is 230 g/mol. The molecule has 90 valence electrons. The van der Waals surface area contributed by atoms with E-state index in [1.807, 2.05) is 43.3 Å². The molecule has 0 heterocycles. The Hall–Kier alpha value is -1.83. The molecule has 1 unspecified atom stereocenters. The Morgan fingerprint density at radius 1 is 1.35 bits per heavy atom. The number of carbonyl (C=O) groups is 1. The third-order valence-electron chi connectivity index (χ3n) is 2.76. The highest BCUT2D eigenvalue weighted by atomic mass is 16.5. The van der Waals surface area contributed by atoms with Crippen molar-refractivity contribution in [1.82, 2.24) is 0 Å². The summed E-state index contributed by atoms with van der Waals surface area (Å²) >= 11 is 0. The molecule has 0 saturated carbocycles. The minimum absolute atomic E-state index is 0.276. The topological polar surface area (TPSA) is 26.3 Å². The summed E-state index contributed by atoms with van der Waals surface area (Å²) in [6.45, 7) is 5.74. The van der Waals surface area contributed by atoms with Gasteiger partial charge in [0.25, 0.3) is 0 Å². The van der Waals surface area contributed by atoms with Crippen molar-refractivity contribution in [2.75, 3.05) is 7.11 Å². The lowest BCUT2D eigenvalue weighted by Gasteiger charge is -2.17. The zero-order valence-corrected chi connectivity index (χ0v) is 10.3. The minimum atomic E-state index is -0.276. The van der Waals surface area contributed by atoms with Crippen LogP contribution >= 0.6 is 0 Å². The molecule has 0 radical (unpaired) electrons. The lowest BCUT2D eigenvalue weighted by molar-refractivity contribution is -0.108. The second-order valence-electron chi connectivity index (χ2n) is 4.19. The van der Waals surface area contributed by atoms with E-state index in [-0.39, 0.29) is 5.41 Å². The third-order valence-corrected chi connectivity index (χ3v) is 2.76. The second kappa shape index (κ2) is 6.04. The molecule has 0 aromatic heterocycles. The Labute approximate surface area is 103 Å². The van der Waals surface area contributed by atoms with Gasteiger partial charge in [-0.1, -0.05) is 37.3 Å². The first-order chi connectivity index (χ1) is 8.13. The smallest absolute Gasteiger partial charge is 0.121 e. The van der Waals surface area contributed by atoms with Crippen LogP contribution in [0, 0.1) is 5.41 Å². The van der Waals surface area contributed by atoms with Gasteiger partial charge in [-0.3, -0.25) is 0 Å². The fourth-order valence-electron chi connectivity index (χ4n) is 1.40. The van der Waals surface area contributed by atoms with Crippen LogP contribution in [-0.4, -0.2) is 13.4 Å². The zero-order chi connectivity index (χ0) is 12.7. The summed E-state index contributed by atoms with van der Waals surface area (Å²) in [4.78, 5) is 10.6. The average Bonchev–Trinajstić information content (AvgIpc) is 2.37. The van der Waals surface area contributed by atoms with Crippen molar-refractivity contribution in [1.29, 1.82) is 0 Å². The van der Waals surface area contributed by atoms with Crippen molar-refractivity contribution < 1.29 is 9.53 Å². The molecule has 2 heteroatoms. The van der Waals surface area contributed by atoms with E-state index in [4.69, 9.17) is 4.74 Å². The Morgan fingerprint density at radius 2 is 2.00 bits per heavy atom. The molecular formula is C15H18O2. The molecule has 0 aliphatic carbocycles. The van der Waals surface area contributed by atoms with Gasteiger partial charge in [-0.05, 0) is 17.7 Å². The van der Waals surface area contributed by atoms with Crippen LogP contribution < -0.4 is 4.74 Å². The number of rotatable bonds is 6. The van der Waals surface area contributed by atoms with Crippen LogP contribution in [-0.2, 0) is 4.79 Å². The lowest BCUT2D eigenvalue weighted by Crippen LogP contribution is -2.09. The standard InChI is InChI=1S/C15H18O2/c1-4-15(2,11-12-16)10-9-13-5-7-14(17-3)8-6-13/h4-10,12H,1,11H2,2-3H3/b10-9+. The maximum atomic E-state index is 10.6. The molecule has 1 aromatic carbocycles. The largest absolute Gasteiger partial charge is 0.497 e. The van der Waals surface area contributed by atoms with Gasteiger partial charge in [-0.25, -0.2) is 0 Å². The van der Waals surface area contributed by atoms with Gasteiger partial charge in [0.15, 0.2) is 0 Å². The molecule has 1 aromatic rings. The van der Waals surface area contributed by atoms with Gasteiger partial charge in [0, 0.05) is 11.8 Å². The van der Waals surface area contributed by atoms with Crippen molar-refractivity contribution in [3.8, 4) is 5.75 Å². The molecule has 0 fully saturated rings. The number of hydrogen-bond donors (Lipinski definition) is 0. The van der Waals surface area contributed by atoms with Crippen LogP contribution in [0.4, 0.5) is 0 Å². The van der Waals surface area contributed by atoms with Gasteiger partial charge in [0.05, 0.1) is 7.11 Å². The summed E-state index contributed by atoms with van der Waals surface area (Å²) < 4.78 is 5.09. The quantitative estimate of drug-likeness (QED) is 0.552. The molecule has 0 aliphatic rings. The Bertz CT molecular complexity index is 403. The molecule has 2 nitrogen and oxygen atoms in total. The molecule has 0 amide bonds. The van der Waals surface area contributed by atoms with Crippen LogP contribution in [0.25, 0.3) is 6.08 Å². The van der Waals surface area contributed by atoms with Crippen molar-refractivity contribution in [2.45, 2.75) is 13.3 Å². The van der Waals surface area contributed by atoms with Crippen LogP contribution in [0.2, 0.25) is 0 Å². The summed E-state index contributed by atoms with van der Waals surface area (Å²) in [6, 6.07) is 7.76. The zero-order valence-electron chi connectivity index (χ0n) is 10.3. The summed E-state index contributed by atoms with van der Waals surface area (Å²) in [6.07, 6.45) is 7.14. The van der Waals surface area contributed by atoms with Crippen LogP contribution in [0.1, 0.15) is 18.9 Å². The number of ether oxygens (including phenoxy) is 1. The van der Waals surface area contributed by atoms with Crippen LogP contribution in [0.15, 0.2) is 43.0 Å². The Morgan fingerprint density at radius 3 is 2.47 bits per heavy atom. The molecule has 0 aliphatic heterocycles. The number of carbonyl (C=O) groups excluding carboxylic acids is 1. The van der Waals surface area contributed by atoms with Gasteiger partial charge >= 0.3 is 0 Å². The lowest BCUT2D eigenvalue weighted by atomic mass is 9.87. The summed E-state index contributed by atoms with van der Waals surface area (Å²) in [7, 11) is 1.64. The predicted octanol–water partition coefficient (Wildman–Crippen LogP) is 3.49. The predicted molar refractivity (Wildman–Crippen MR) is 71.0 cm³/mol. The van der Waals surface area contributed by atoms with Crippen molar-refractivity contribution in [2.24, 2.45) is 5.41 Å². The van der Waals surface area contributed by atoms with Crippen LogP contribution in [0.3, 0.4) is 0 Å². The van der Waals surface area contributed by atoms with E-state index in [2.05, 4.69) is 6.58 Å². The Balaban J connectivity index is 2.80. The summed E-state index contributed by atoms with van der Waals surface area (Å²) in [5.74, 6) is 0.835. The number of aldehydes is 1. The van der Waals surface area contributed by atoms with Crippen molar-refractivity contribution >= 4 is 12.4 Å². The Kier molecular flexibility index (Phi) is 4.70. The molecule has 0 bridgehead atoms. The number of benzene rings is 1. The normalized spacial score (nSPS) is 14.2. The maximum Gasteiger partial charge on any atom is 0.121 e. The van der Waals surface area contributed by atoms with E-state index >= 15 is 0 Å². The third kappa shape index (κ3) is 3.91. The first-order valence-electron chi connectivity index (χ1n) is 5.54. The van der Waals surface area contributed by atoms with Gasteiger partial charge < -0.3 is 9.53 Å². The van der Waals surface area contributed by atoms with E-state index in [1.54, 1.807) is 13.2 Å². The fourth-order valence-corrected chi connectivity index (χ4v) is 1.40. The van der Waals surface area contributed by atoms with Gasteiger partial charge in [0.2, 0.25) is 0 Å². The van der Waals surface area contributed by atoms with E-state index in [9.17, 15) is 4.79 Å². The highest BCUT2D eigenvalue weighted by Crippen LogP contribution is 2.24. The first-order valence-corrected chi connectivity index (χ1v) is 5.54. The van der Waals surface area contributed by atoms with Gasteiger partial charge in [-0.15, -0.1) is 6.58 Å². The van der Waals surface area contributed by atoms with Crippen molar-refractivity contribution in [3.63, 3.8) is 0 Å². The molecule has 0 N–H and O–H groups in total. The highest BCUT2D eigenvalue weighted by molar-refractivity contribution is 5.56. The number of allylic oxidation sites excluding steroid dienone is 2. The fraction of sp³-hybridized carbons (Fsp3) is 0.267. The number of methoxy groups -OCH3 is 1. The molecule has 0 saturated heterocycles. The van der Waals surface area contributed by atoms with E-state index < -0.39 is 0 Å². The molecule has 0 spiro atoms.